The Hall–Kier alpha value is -0.810. The molecular formula is C9H11ClN2O2S. The van der Waals surface area contributed by atoms with Gasteiger partial charge in [0, 0.05) is 11.9 Å². The molecule has 0 aliphatic carbocycles. The number of anilines is 1. The minimum absolute atomic E-state index is 0.196. The van der Waals surface area contributed by atoms with Crippen LogP contribution in [-0.2, 0) is 9.53 Å². The second-order valence-electron chi connectivity index (χ2n) is 3.33. The molecule has 1 fully saturated rings. The van der Waals surface area contributed by atoms with Gasteiger partial charge in [0.2, 0.25) is 0 Å². The van der Waals surface area contributed by atoms with Crippen LogP contribution in [0.15, 0.2) is 5.38 Å². The molecule has 0 aromatic carbocycles. The second kappa shape index (κ2) is 4.37. The van der Waals surface area contributed by atoms with Gasteiger partial charge in [0.15, 0.2) is 5.13 Å². The Labute approximate surface area is 96.8 Å². The maximum Gasteiger partial charge on any atom is 0.328 e. The molecule has 0 radical (unpaired) electrons. The third kappa shape index (κ3) is 2.08. The zero-order valence-electron chi connectivity index (χ0n) is 8.27. The molecule has 0 bridgehead atoms. The Morgan fingerprint density at radius 3 is 3.20 bits per heavy atom. The number of carbonyl (C=O) groups excluding carboxylic acids is 1. The highest BCUT2D eigenvalue weighted by molar-refractivity contribution is 7.14. The Bertz CT molecular complexity index is 369. The van der Waals surface area contributed by atoms with Crippen LogP contribution < -0.4 is 4.90 Å². The van der Waals surface area contributed by atoms with Crippen molar-refractivity contribution >= 4 is 34.0 Å². The summed E-state index contributed by atoms with van der Waals surface area (Å²) in [7, 11) is 1.41. The number of ether oxygens (including phenoxy) is 1. The Balaban J connectivity index is 2.18. The number of rotatable bonds is 2. The average molecular weight is 247 g/mol. The summed E-state index contributed by atoms with van der Waals surface area (Å²) in [6.45, 7) is 0.837. The van der Waals surface area contributed by atoms with Gasteiger partial charge in [0.1, 0.15) is 11.2 Å². The third-order valence-electron chi connectivity index (χ3n) is 2.44. The number of halogens is 1. The molecule has 2 heterocycles. The lowest BCUT2D eigenvalue weighted by molar-refractivity contribution is -0.141. The first-order chi connectivity index (χ1) is 7.22. The van der Waals surface area contributed by atoms with Gasteiger partial charge in [-0.2, -0.15) is 0 Å². The molecule has 82 valence electrons. The van der Waals surface area contributed by atoms with Crippen LogP contribution in [0.25, 0.3) is 0 Å². The smallest absolute Gasteiger partial charge is 0.328 e. The summed E-state index contributed by atoms with van der Waals surface area (Å²) >= 11 is 7.21. The average Bonchev–Trinajstić information content (AvgIpc) is 2.84. The van der Waals surface area contributed by atoms with Gasteiger partial charge in [-0.25, -0.2) is 9.78 Å². The molecule has 0 N–H and O–H groups in total. The quantitative estimate of drug-likeness (QED) is 0.748. The minimum atomic E-state index is -0.197. The van der Waals surface area contributed by atoms with Gasteiger partial charge < -0.3 is 9.64 Å². The predicted molar refractivity (Wildman–Crippen MR) is 59.5 cm³/mol. The molecule has 0 spiro atoms. The second-order valence-corrected chi connectivity index (χ2v) is 4.55. The number of esters is 1. The minimum Gasteiger partial charge on any atom is -0.467 e. The summed E-state index contributed by atoms with van der Waals surface area (Å²) < 4.78 is 4.76. The van der Waals surface area contributed by atoms with E-state index in [1.807, 2.05) is 4.90 Å². The van der Waals surface area contributed by atoms with Gasteiger partial charge in [-0.1, -0.05) is 11.6 Å². The fourth-order valence-electron chi connectivity index (χ4n) is 1.75. The van der Waals surface area contributed by atoms with Crippen molar-refractivity contribution in [1.82, 2.24) is 4.98 Å². The summed E-state index contributed by atoms with van der Waals surface area (Å²) in [6.07, 6.45) is 1.81. The van der Waals surface area contributed by atoms with E-state index in [1.54, 1.807) is 5.38 Å². The molecule has 0 amide bonds. The van der Waals surface area contributed by atoms with Crippen LogP contribution in [0.3, 0.4) is 0 Å². The highest BCUT2D eigenvalue weighted by Crippen LogP contribution is 2.30. The molecule has 6 heteroatoms. The van der Waals surface area contributed by atoms with E-state index < -0.39 is 0 Å². The van der Waals surface area contributed by atoms with Crippen molar-refractivity contribution < 1.29 is 9.53 Å². The number of hydrogen-bond donors (Lipinski definition) is 0. The summed E-state index contributed by atoms with van der Waals surface area (Å²) in [5, 5.41) is 3.04. The van der Waals surface area contributed by atoms with E-state index in [0.29, 0.717) is 5.15 Å². The maximum absolute atomic E-state index is 11.5. The first kappa shape index (κ1) is 10.7. The first-order valence-electron chi connectivity index (χ1n) is 4.68. The molecule has 1 aromatic heterocycles. The van der Waals surface area contributed by atoms with E-state index in [1.165, 1.54) is 18.4 Å². The van der Waals surface area contributed by atoms with Crippen molar-refractivity contribution in [2.24, 2.45) is 0 Å². The lowest BCUT2D eigenvalue weighted by Crippen LogP contribution is -2.36. The summed E-state index contributed by atoms with van der Waals surface area (Å²) in [5.41, 5.74) is 0. The van der Waals surface area contributed by atoms with Gasteiger partial charge in [-0.3, -0.25) is 0 Å². The van der Waals surface area contributed by atoms with Crippen LogP contribution in [0.2, 0.25) is 5.15 Å². The highest BCUT2D eigenvalue weighted by Gasteiger charge is 2.33. The molecule has 1 aliphatic rings. The first-order valence-corrected chi connectivity index (χ1v) is 5.93. The maximum atomic E-state index is 11.5. The Kier molecular flexibility index (Phi) is 3.11. The van der Waals surface area contributed by atoms with Gasteiger partial charge in [-0.15, -0.1) is 11.3 Å². The predicted octanol–water partition coefficient (Wildman–Crippen LogP) is 1.94. The standard InChI is InChI=1S/C9H11ClN2O2S/c1-14-8(13)6-3-2-4-12(6)9-11-7(10)5-15-9/h5-6H,2-4H2,1H3. The number of aromatic nitrogens is 1. The lowest BCUT2D eigenvalue weighted by Gasteiger charge is -2.21. The number of thiazole rings is 1. The van der Waals surface area contributed by atoms with Crippen LogP contribution in [0.5, 0.6) is 0 Å². The molecule has 1 aromatic rings. The largest absolute Gasteiger partial charge is 0.467 e. The van der Waals surface area contributed by atoms with Crippen molar-refractivity contribution in [2.45, 2.75) is 18.9 Å². The number of carbonyl (C=O) groups is 1. The molecule has 1 atom stereocenters. The van der Waals surface area contributed by atoms with Gasteiger partial charge in [0.25, 0.3) is 0 Å². The van der Waals surface area contributed by atoms with Crippen LogP contribution in [0.1, 0.15) is 12.8 Å². The molecule has 15 heavy (non-hydrogen) atoms. The molecule has 1 unspecified atom stereocenters. The van der Waals surface area contributed by atoms with Crippen LogP contribution in [0, 0.1) is 0 Å². The molecule has 4 nitrogen and oxygen atoms in total. The van der Waals surface area contributed by atoms with E-state index in [4.69, 9.17) is 16.3 Å². The SMILES string of the molecule is COC(=O)C1CCCN1c1nc(Cl)cs1. The van der Waals surface area contributed by atoms with Crippen LogP contribution in [0.4, 0.5) is 5.13 Å². The van der Waals surface area contributed by atoms with Crippen molar-refractivity contribution in [3.63, 3.8) is 0 Å². The van der Waals surface area contributed by atoms with Crippen molar-refractivity contribution in [2.75, 3.05) is 18.6 Å². The van der Waals surface area contributed by atoms with Gasteiger partial charge in [0.05, 0.1) is 7.11 Å². The van der Waals surface area contributed by atoms with Gasteiger partial charge in [-0.05, 0) is 12.8 Å². The zero-order valence-corrected chi connectivity index (χ0v) is 9.85. The zero-order chi connectivity index (χ0) is 10.8. The van der Waals surface area contributed by atoms with Crippen molar-refractivity contribution in [3.8, 4) is 0 Å². The van der Waals surface area contributed by atoms with Gasteiger partial charge >= 0.3 is 5.97 Å². The van der Waals surface area contributed by atoms with E-state index in [2.05, 4.69) is 4.98 Å². The molecule has 0 saturated carbocycles. The molecule has 1 aliphatic heterocycles. The van der Waals surface area contributed by atoms with Crippen molar-refractivity contribution in [1.29, 1.82) is 0 Å². The van der Waals surface area contributed by atoms with E-state index in [9.17, 15) is 4.79 Å². The molecule has 1 saturated heterocycles. The summed E-state index contributed by atoms with van der Waals surface area (Å²) in [5.74, 6) is -0.196. The van der Waals surface area contributed by atoms with Crippen LogP contribution >= 0.6 is 22.9 Å². The fourth-order valence-corrected chi connectivity index (χ4v) is 2.78. The highest BCUT2D eigenvalue weighted by atomic mass is 35.5. The monoisotopic (exact) mass is 246 g/mol. The Morgan fingerprint density at radius 1 is 1.80 bits per heavy atom. The molecule has 2 rings (SSSR count). The van der Waals surface area contributed by atoms with E-state index >= 15 is 0 Å². The summed E-state index contributed by atoms with van der Waals surface area (Å²) in [4.78, 5) is 17.6. The number of hydrogen-bond acceptors (Lipinski definition) is 5. The number of nitrogens with zero attached hydrogens (tertiary/aromatic N) is 2. The van der Waals surface area contributed by atoms with Crippen LogP contribution in [-0.4, -0.2) is 30.6 Å². The third-order valence-corrected chi connectivity index (χ3v) is 3.64. The normalized spacial score (nSPS) is 20.7. The molecular weight excluding hydrogens is 236 g/mol. The topological polar surface area (TPSA) is 42.4 Å². The lowest BCUT2D eigenvalue weighted by atomic mass is 10.2. The number of methoxy groups -OCH3 is 1. The summed E-state index contributed by atoms with van der Waals surface area (Å²) in [6, 6.07) is -0.197. The van der Waals surface area contributed by atoms with E-state index in [-0.39, 0.29) is 12.0 Å². The van der Waals surface area contributed by atoms with Crippen molar-refractivity contribution in [3.05, 3.63) is 10.5 Å². The Morgan fingerprint density at radius 2 is 2.60 bits per heavy atom. The van der Waals surface area contributed by atoms with E-state index in [0.717, 1.165) is 24.5 Å². The fraction of sp³-hybridized carbons (Fsp3) is 0.556.